The van der Waals surface area contributed by atoms with Crippen LogP contribution in [0.15, 0.2) is 85.2 Å². The van der Waals surface area contributed by atoms with E-state index < -0.39 is 0 Å². The molecule has 0 aliphatic heterocycles. The normalized spacial score (nSPS) is 11.5. The fourth-order valence-electron chi connectivity index (χ4n) is 7.66. The zero-order valence-corrected chi connectivity index (χ0v) is 27.9. The molecule has 0 amide bonds. The first-order valence-electron chi connectivity index (χ1n) is 15.9. The van der Waals surface area contributed by atoms with Crippen LogP contribution in [0.5, 0.6) is 0 Å². The largest absolute Gasteiger partial charge is 0.257 e. The summed E-state index contributed by atoms with van der Waals surface area (Å²) in [6.45, 7) is 17.2. The standard InChI is InChI=1S/C42H38N4/c1-23-15-13-21-43-41(23)37-25(3)35(27(5)45-29(37)7)39-31-17-9-11-19-33(31)40(34-20-12-10-18-32(34)39)36-26(4)38(30(8)46-28(36)6)42-24(2)16-14-22-44-42/h9-22H,1-8H3. The summed E-state index contributed by atoms with van der Waals surface area (Å²) in [7, 11) is 0. The van der Waals surface area contributed by atoms with Crippen LogP contribution in [0.4, 0.5) is 0 Å². The number of aryl methyl sites for hydroxylation is 6. The summed E-state index contributed by atoms with van der Waals surface area (Å²) in [5, 5.41) is 4.80. The van der Waals surface area contributed by atoms with Crippen LogP contribution in [0, 0.1) is 55.4 Å². The number of hydrogen-bond donors (Lipinski definition) is 0. The molecule has 0 spiro atoms. The number of nitrogens with zero attached hydrogens (tertiary/aromatic N) is 4. The quantitative estimate of drug-likeness (QED) is 0.189. The molecule has 4 heterocycles. The van der Waals surface area contributed by atoms with Gasteiger partial charge >= 0.3 is 0 Å². The van der Waals surface area contributed by atoms with Crippen molar-refractivity contribution in [2.75, 3.05) is 0 Å². The van der Waals surface area contributed by atoms with E-state index in [1.807, 2.05) is 24.5 Å². The van der Waals surface area contributed by atoms with Gasteiger partial charge in [0.25, 0.3) is 0 Å². The van der Waals surface area contributed by atoms with Gasteiger partial charge in [-0.15, -0.1) is 0 Å². The maximum Gasteiger partial charge on any atom is 0.0752 e. The monoisotopic (exact) mass is 598 g/mol. The van der Waals surface area contributed by atoms with E-state index in [0.717, 1.165) is 56.4 Å². The molecule has 0 aliphatic carbocycles. The van der Waals surface area contributed by atoms with Crippen LogP contribution in [-0.4, -0.2) is 19.9 Å². The van der Waals surface area contributed by atoms with E-state index >= 15 is 0 Å². The molecule has 0 bridgehead atoms. The SMILES string of the molecule is Cc1cccnc1-c1c(C)nc(C)c(-c2c3ccccc3c(-c3c(C)nc(C)c(-c4ncccc4C)c3C)c3ccccc23)c1C. The predicted molar refractivity (Wildman–Crippen MR) is 192 cm³/mol. The molecule has 3 aromatic carbocycles. The van der Waals surface area contributed by atoms with Gasteiger partial charge in [0.15, 0.2) is 0 Å². The average Bonchev–Trinajstić information content (AvgIpc) is 3.03. The minimum atomic E-state index is 0.991. The van der Waals surface area contributed by atoms with Gasteiger partial charge in [0.05, 0.1) is 11.4 Å². The summed E-state index contributed by atoms with van der Waals surface area (Å²) in [4.78, 5) is 20.0. The molecule has 0 fully saturated rings. The summed E-state index contributed by atoms with van der Waals surface area (Å²) in [5.74, 6) is 0. The summed E-state index contributed by atoms with van der Waals surface area (Å²) in [6, 6.07) is 25.9. The van der Waals surface area contributed by atoms with Gasteiger partial charge in [-0.2, -0.15) is 0 Å². The smallest absolute Gasteiger partial charge is 0.0752 e. The molecule has 46 heavy (non-hydrogen) atoms. The van der Waals surface area contributed by atoms with Crippen LogP contribution in [0.3, 0.4) is 0 Å². The van der Waals surface area contributed by atoms with Crippen molar-refractivity contribution >= 4 is 21.5 Å². The molecule has 7 aromatic rings. The fourth-order valence-corrected chi connectivity index (χ4v) is 7.66. The van der Waals surface area contributed by atoms with Crippen molar-refractivity contribution in [1.82, 2.24) is 19.9 Å². The second kappa shape index (κ2) is 11.3. The van der Waals surface area contributed by atoms with Crippen molar-refractivity contribution in [3.05, 3.63) is 130 Å². The van der Waals surface area contributed by atoms with Crippen molar-refractivity contribution in [1.29, 1.82) is 0 Å². The summed E-state index contributed by atoms with van der Waals surface area (Å²) < 4.78 is 0. The summed E-state index contributed by atoms with van der Waals surface area (Å²) in [6.07, 6.45) is 3.75. The summed E-state index contributed by atoms with van der Waals surface area (Å²) >= 11 is 0. The molecule has 0 saturated carbocycles. The van der Waals surface area contributed by atoms with Crippen LogP contribution in [0.2, 0.25) is 0 Å². The first-order chi connectivity index (χ1) is 22.2. The first-order valence-corrected chi connectivity index (χ1v) is 15.9. The number of aromatic nitrogens is 4. The van der Waals surface area contributed by atoms with Gasteiger partial charge in [-0.05, 0) is 122 Å². The van der Waals surface area contributed by atoms with E-state index in [9.17, 15) is 0 Å². The highest BCUT2D eigenvalue weighted by Crippen LogP contribution is 2.48. The molecule has 226 valence electrons. The van der Waals surface area contributed by atoms with Crippen molar-refractivity contribution in [3.63, 3.8) is 0 Å². The molecule has 4 heteroatoms. The number of rotatable bonds is 4. The predicted octanol–water partition coefficient (Wildman–Crippen LogP) is 10.7. The van der Waals surface area contributed by atoms with Crippen molar-refractivity contribution in [2.45, 2.75) is 55.4 Å². The van der Waals surface area contributed by atoms with Crippen LogP contribution in [0.1, 0.15) is 45.0 Å². The third-order valence-electron chi connectivity index (χ3n) is 9.54. The van der Waals surface area contributed by atoms with Crippen LogP contribution >= 0.6 is 0 Å². The van der Waals surface area contributed by atoms with Gasteiger partial charge < -0.3 is 0 Å². The van der Waals surface area contributed by atoms with Gasteiger partial charge in [-0.3, -0.25) is 19.9 Å². The molecule has 0 N–H and O–H groups in total. The zero-order valence-electron chi connectivity index (χ0n) is 27.9. The number of benzene rings is 3. The van der Waals surface area contributed by atoms with Crippen molar-refractivity contribution in [3.8, 4) is 44.8 Å². The van der Waals surface area contributed by atoms with Crippen LogP contribution < -0.4 is 0 Å². The maximum absolute atomic E-state index is 5.16. The Kier molecular flexibility index (Phi) is 7.24. The average molecular weight is 599 g/mol. The van der Waals surface area contributed by atoms with E-state index in [2.05, 4.69) is 116 Å². The third-order valence-corrected chi connectivity index (χ3v) is 9.54. The van der Waals surface area contributed by atoms with E-state index in [4.69, 9.17) is 19.9 Å². The first kappa shape index (κ1) is 29.5. The fraction of sp³-hybridized carbons (Fsp3) is 0.190. The van der Waals surface area contributed by atoms with Gasteiger partial charge in [0, 0.05) is 57.4 Å². The van der Waals surface area contributed by atoms with Crippen LogP contribution in [-0.2, 0) is 0 Å². The second-order valence-electron chi connectivity index (χ2n) is 12.5. The zero-order chi connectivity index (χ0) is 32.3. The Balaban J connectivity index is 1.63. The Hall–Kier alpha value is -5.22. The van der Waals surface area contributed by atoms with E-state index in [-0.39, 0.29) is 0 Å². The molecule has 7 rings (SSSR count). The number of hydrogen-bond acceptors (Lipinski definition) is 4. The van der Waals surface area contributed by atoms with Gasteiger partial charge in [0.2, 0.25) is 0 Å². The highest BCUT2D eigenvalue weighted by atomic mass is 14.8. The van der Waals surface area contributed by atoms with Gasteiger partial charge in [-0.1, -0.05) is 60.7 Å². The molecule has 0 aliphatic rings. The molecular formula is C42H38N4. The maximum atomic E-state index is 5.16. The van der Waals surface area contributed by atoms with Crippen molar-refractivity contribution in [2.24, 2.45) is 0 Å². The van der Waals surface area contributed by atoms with E-state index in [1.165, 1.54) is 54.9 Å². The lowest BCUT2D eigenvalue weighted by molar-refractivity contribution is 1.10. The lowest BCUT2D eigenvalue weighted by atomic mass is 9.81. The van der Waals surface area contributed by atoms with Gasteiger partial charge in [-0.25, -0.2) is 0 Å². The summed E-state index contributed by atoms with van der Waals surface area (Å²) in [5.41, 5.74) is 17.7. The minimum absolute atomic E-state index is 0.991. The molecule has 0 unspecified atom stereocenters. The Morgan fingerprint density at radius 1 is 0.348 bits per heavy atom. The highest BCUT2D eigenvalue weighted by molar-refractivity contribution is 6.22. The molecule has 0 atom stereocenters. The minimum Gasteiger partial charge on any atom is -0.257 e. The lowest BCUT2D eigenvalue weighted by Crippen LogP contribution is -2.04. The Labute approximate surface area is 271 Å². The molecular weight excluding hydrogens is 560 g/mol. The third kappa shape index (κ3) is 4.51. The molecule has 4 nitrogen and oxygen atoms in total. The number of fused-ring (bicyclic) bond motifs is 2. The Morgan fingerprint density at radius 2 is 0.674 bits per heavy atom. The second-order valence-corrected chi connectivity index (χ2v) is 12.5. The number of pyridine rings is 4. The molecule has 4 aromatic heterocycles. The lowest BCUT2D eigenvalue weighted by Gasteiger charge is -2.24. The molecule has 0 radical (unpaired) electrons. The van der Waals surface area contributed by atoms with Gasteiger partial charge in [0.1, 0.15) is 0 Å². The van der Waals surface area contributed by atoms with Crippen molar-refractivity contribution < 1.29 is 0 Å². The van der Waals surface area contributed by atoms with E-state index in [1.54, 1.807) is 0 Å². The topological polar surface area (TPSA) is 51.6 Å². The van der Waals surface area contributed by atoms with Crippen LogP contribution in [0.25, 0.3) is 66.3 Å². The Bertz CT molecular complexity index is 2130. The molecule has 0 saturated heterocycles. The van der Waals surface area contributed by atoms with E-state index in [0.29, 0.717) is 0 Å². The Morgan fingerprint density at radius 3 is 1.00 bits per heavy atom. The highest BCUT2D eigenvalue weighted by Gasteiger charge is 2.25.